The summed E-state index contributed by atoms with van der Waals surface area (Å²) < 4.78 is 40.3. The van der Waals surface area contributed by atoms with Crippen molar-refractivity contribution >= 4 is 27.5 Å². The highest BCUT2D eigenvalue weighted by molar-refractivity contribution is 7.92. The van der Waals surface area contributed by atoms with E-state index in [9.17, 15) is 28.4 Å². The summed E-state index contributed by atoms with van der Waals surface area (Å²) in [5.74, 6) is -0.789. The number of carbonyl (C=O) groups is 1. The van der Waals surface area contributed by atoms with Crippen molar-refractivity contribution < 1.29 is 32.7 Å². The number of aliphatic hydroxyl groups excluding tert-OH is 1. The molecule has 11 nitrogen and oxygen atoms in total. The third-order valence-electron chi connectivity index (χ3n) is 6.27. The fourth-order valence-corrected chi connectivity index (χ4v) is 5.62. The van der Waals surface area contributed by atoms with Crippen molar-refractivity contribution in [1.82, 2.24) is 5.32 Å². The number of alkyl carbamates (subject to hydrolysis) is 1. The maximum Gasteiger partial charge on any atom is 0.407 e. The largest absolute Gasteiger partial charge is 0.443 e. The lowest BCUT2D eigenvalue weighted by Gasteiger charge is -2.27. The number of anilines is 1. The van der Waals surface area contributed by atoms with Crippen LogP contribution < -0.4 is 10.0 Å². The number of carbonyl (C=O) groups excluding carboxylic acids is 1. The number of nitrogens with one attached hydrogen (secondary N) is 2. The molecular weight excluding hydrogens is 574 g/mol. The number of hydrogen-bond donors (Lipinski definition) is 3. The van der Waals surface area contributed by atoms with Gasteiger partial charge in [0.15, 0.2) is 0 Å². The van der Waals surface area contributed by atoms with E-state index in [-0.39, 0.29) is 36.6 Å². The van der Waals surface area contributed by atoms with Crippen LogP contribution in [-0.2, 0) is 38.9 Å². The summed E-state index contributed by atoms with van der Waals surface area (Å²) in [6.07, 6.45) is 2.24. The van der Waals surface area contributed by atoms with E-state index in [4.69, 9.17) is 9.47 Å². The number of amides is 1. The van der Waals surface area contributed by atoms with Gasteiger partial charge in [-0.05, 0) is 63.6 Å². The van der Waals surface area contributed by atoms with Crippen LogP contribution >= 0.6 is 0 Å². The molecule has 0 saturated heterocycles. The van der Waals surface area contributed by atoms with E-state index < -0.39 is 44.5 Å². The number of nitrogens with zero attached hydrogens (tertiary/aromatic N) is 1. The Balaban J connectivity index is 2.38. The number of benzene rings is 2. The first-order valence-electron chi connectivity index (χ1n) is 14.1. The van der Waals surface area contributed by atoms with Crippen LogP contribution in [0.3, 0.4) is 0 Å². The van der Waals surface area contributed by atoms with E-state index in [1.165, 1.54) is 18.2 Å². The molecule has 0 aliphatic carbocycles. The number of hydrogen-bond acceptors (Lipinski definition) is 8. The lowest BCUT2D eigenvalue weighted by atomic mass is 9.98. The monoisotopic (exact) mass is 617 g/mol. The molecular formula is C31H43N3O8S. The Bertz CT molecular complexity index is 1340. The van der Waals surface area contributed by atoms with Crippen LogP contribution in [0.2, 0.25) is 0 Å². The number of allylic oxidation sites excluding steroid dienone is 1. The highest BCUT2D eigenvalue weighted by Crippen LogP contribution is 2.32. The van der Waals surface area contributed by atoms with Crippen molar-refractivity contribution in [2.45, 2.75) is 77.2 Å². The number of aliphatic hydroxyl groups is 1. The SMILES string of the molecule is C=CCCCCc1c(NS(=O)(=O)C[C@H](O)[C@H](Cc2ccccc2)OC(=O)NC(C)(C)C)ccc([N+](=O)[O-])c1COCC=C. The van der Waals surface area contributed by atoms with Crippen LogP contribution in [0, 0.1) is 10.1 Å². The van der Waals surface area contributed by atoms with Crippen molar-refractivity contribution in [1.29, 1.82) is 0 Å². The number of unbranched alkanes of at least 4 members (excludes halogenated alkanes) is 2. The standard InChI is InChI=1S/C31H43N3O8S/c1-6-8-9-13-16-24-25(21-41-19-7-2)27(34(37)38)18-17-26(24)33-43(39,40)22-28(35)29(20-23-14-11-10-12-15-23)42-30(36)32-31(3,4)5/h6-7,10-12,14-15,17-18,28-29,33,35H,1-2,8-9,13,16,19-22H2,3-5H3,(H,32,36)/t28-,29-/m0/s1. The Labute approximate surface area is 254 Å². The number of nitro benzene ring substituents is 1. The smallest absolute Gasteiger partial charge is 0.407 e. The van der Waals surface area contributed by atoms with E-state index in [0.29, 0.717) is 18.4 Å². The molecule has 0 fully saturated rings. The molecule has 3 N–H and O–H groups in total. The Morgan fingerprint density at radius 2 is 1.79 bits per heavy atom. The molecule has 2 aromatic carbocycles. The number of nitro groups is 1. The van der Waals surface area contributed by atoms with Crippen LogP contribution in [0.4, 0.5) is 16.2 Å². The quantitative estimate of drug-likeness (QED) is 0.0864. The average Bonchev–Trinajstić information content (AvgIpc) is 2.90. The Morgan fingerprint density at radius 3 is 2.40 bits per heavy atom. The molecule has 0 aliphatic rings. The molecule has 12 heteroatoms. The first-order chi connectivity index (χ1) is 20.3. The average molecular weight is 618 g/mol. The first kappa shape index (κ1) is 35.5. The Kier molecular flexibility index (Phi) is 13.8. The summed E-state index contributed by atoms with van der Waals surface area (Å²) in [5, 5.41) is 25.5. The number of sulfonamides is 1. The summed E-state index contributed by atoms with van der Waals surface area (Å²) >= 11 is 0. The molecule has 2 rings (SSSR count). The van der Waals surface area contributed by atoms with Gasteiger partial charge in [-0.3, -0.25) is 14.8 Å². The molecule has 0 saturated carbocycles. The molecule has 43 heavy (non-hydrogen) atoms. The molecule has 2 aromatic rings. The summed E-state index contributed by atoms with van der Waals surface area (Å²) in [6.45, 7) is 12.6. The molecule has 0 heterocycles. The lowest BCUT2D eigenvalue weighted by molar-refractivity contribution is -0.386. The summed E-state index contributed by atoms with van der Waals surface area (Å²) in [7, 11) is -4.23. The van der Waals surface area contributed by atoms with Crippen molar-refractivity contribution in [3.8, 4) is 0 Å². The fourth-order valence-electron chi connectivity index (χ4n) is 4.35. The molecule has 0 aromatic heterocycles. The van der Waals surface area contributed by atoms with Crippen molar-refractivity contribution in [3.05, 3.63) is 94.6 Å². The van der Waals surface area contributed by atoms with E-state index in [2.05, 4.69) is 23.2 Å². The first-order valence-corrected chi connectivity index (χ1v) is 15.7. The minimum absolute atomic E-state index is 0.0754. The second-order valence-corrected chi connectivity index (χ2v) is 12.9. The van der Waals surface area contributed by atoms with Crippen LogP contribution in [-0.4, -0.2) is 54.6 Å². The predicted molar refractivity (Wildman–Crippen MR) is 167 cm³/mol. The zero-order valence-corrected chi connectivity index (χ0v) is 25.9. The van der Waals surface area contributed by atoms with Gasteiger partial charge in [0.25, 0.3) is 5.69 Å². The molecule has 0 aliphatic heterocycles. The van der Waals surface area contributed by atoms with Gasteiger partial charge in [0, 0.05) is 18.0 Å². The zero-order chi connectivity index (χ0) is 32.0. The van der Waals surface area contributed by atoms with Crippen molar-refractivity contribution in [2.24, 2.45) is 0 Å². The molecule has 2 atom stereocenters. The van der Waals surface area contributed by atoms with Gasteiger partial charge >= 0.3 is 6.09 Å². The number of rotatable bonds is 18. The summed E-state index contributed by atoms with van der Waals surface area (Å²) in [4.78, 5) is 23.8. The number of ether oxygens (including phenoxy) is 2. The highest BCUT2D eigenvalue weighted by Gasteiger charge is 2.31. The van der Waals surface area contributed by atoms with E-state index in [1.54, 1.807) is 51.1 Å². The van der Waals surface area contributed by atoms with Gasteiger partial charge in [-0.2, -0.15) is 0 Å². The Hall–Kier alpha value is -3.74. The van der Waals surface area contributed by atoms with Crippen molar-refractivity contribution in [2.75, 3.05) is 17.1 Å². The summed E-state index contributed by atoms with van der Waals surface area (Å²) in [6, 6.07) is 11.5. The molecule has 0 radical (unpaired) electrons. The van der Waals surface area contributed by atoms with Crippen LogP contribution in [0.15, 0.2) is 67.8 Å². The Morgan fingerprint density at radius 1 is 1.09 bits per heavy atom. The summed E-state index contributed by atoms with van der Waals surface area (Å²) in [5.41, 5.74) is 0.781. The van der Waals surface area contributed by atoms with E-state index in [0.717, 1.165) is 18.4 Å². The van der Waals surface area contributed by atoms with Gasteiger partial charge in [-0.25, -0.2) is 13.2 Å². The molecule has 0 spiro atoms. The predicted octanol–water partition coefficient (Wildman–Crippen LogP) is 5.43. The van der Waals surface area contributed by atoms with E-state index >= 15 is 0 Å². The van der Waals surface area contributed by atoms with Crippen LogP contribution in [0.25, 0.3) is 0 Å². The van der Waals surface area contributed by atoms with Gasteiger partial charge in [-0.15, -0.1) is 13.2 Å². The second kappa shape index (κ2) is 16.8. The van der Waals surface area contributed by atoms with Gasteiger partial charge in [0.05, 0.1) is 35.1 Å². The van der Waals surface area contributed by atoms with Crippen LogP contribution in [0.5, 0.6) is 0 Å². The van der Waals surface area contributed by atoms with Gasteiger partial charge in [0.2, 0.25) is 10.0 Å². The maximum absolute atomic E-state index is 13.4. The molecule has 0 bridgehead atoms. The molecule has 1 amide bonds. The van der Waals surface area contributed by atoms with Gasteiger partial charge in [-0.1, -0.05) is 42.5 Å². The second-order valence-electron chi connectivity index (χ2n) is 11.1. The van der Waals surface area contributed by atoms with Gasteiger partial charge in [0.1, 0.15) is 12.2 Å². The van der Waals surface area contributed by atoms with E-state index in [1.807, 2.05) is 6.07 Å². The van der Waals surface area contributed by atoms with Crippen LogP contribution in [0.1, 0.15) is 56.7 Å². The minimum atomic E-state index is -4.23. The normalized spacial score (nSPS) is 13.0. The molecule has 236 valence electrons. The topological polar surface area (TPSA) is 157 Å². The lowest BCUT2D eigenvalue weighted by Crippen LogP contribution is -2.46. The third-order valence-corrected chi connectivity index (χ3v) is 7.58. The third kappa shape index (κ3) is 12.6. The highest BCUT2D eigenvalue weighted by atomic mass is 32.2. The van der Waals surface area contributed by atoms with Crippen molar-refractivity contribution in [3.63, 3.8) is 0 Å². The minimum Gasteiger partial charge on any atom is -0.443 e. The maximum atomic E-state index is 13.4. The molecule has 0 unspecified atom stereocenters. The fraction of sp³-hybridized carbons (Fsp3) is 0.452. The van der Waals surface area contributed by atoms with Gasteiger partial charge < -0.3 is 19.9 Å². The zero-order valence-electron chi connectivity index (χ0n) is 25.1.